The van der Waals surface area contributed by atoms with Crippen LogP contribution in [-0.2, 0) is 4.74 Å². The minimum absolute atomic E-state index is 0.472. The lowest BCUT2D eigenvalue weighted by Gasteiger charge is -2.15. The van der Waals surface area contributed by atoms with Crippen LogP contribution in [0.3, 0.4) is 0 Å². The molecule has 0 amide bonds. The topological polar surface area (TPSA) is 47.3 Å². The highest BCUT2D eigenvalue weighted by atomic mass is 16.5. The third kappa shape index (κ3) is 2.42. The van der Waals surface area contributed by atoms with Crippen molar-refractivity contribution in [2.75, 3.05) is 32.8 Å². The van der Waals surface area contributed by atoms with Gasteiger partial charge in [0.25, 0.3) is 0 Å². The van der Waals surface area contributed by atoms with Crippen molar-refractivity contribution in [2.24, 2.45) is 17.1 Å². The van der Waals surface area contributed by atoms with Crippen LogP contribution in [0.15, 0.2) is 0 Å². The van der Waals surface area contributed by atoms with Gasteiger partial charge in [-0.2, -0.15) is 0 Å². The Hall–Kier alpha value is -0.120. The van der Waals surface area contributed by atoms with Crippen molar-refractivity contribution in [3.8, 4) is 0 Å². The molecule has 3 nitrogen and oxygen atoms in total. The van der Waals surface area contributed by atoms with Crippen LogP contribution in [0.1, 0.15) is 19.3 Å². The van der Waals surface area contributed by atoms with Gasteiger partial charge in [0.1, 0.15) is 0 Å². The molecule has 2 aliphatic rings. The summed E-state index contributed by atoms with van der Waals surface area (Å²) in [4.78, 5) is 0. The van der Waals surface area contributed by atoms with E-state index in [1.54, 1.807) is 0 Å². The van der Waals surface area contributed by atoms with Crippen molar-refractivity contribution in [1.29, 1.82) is 0 Å². The number of hydrogen-bond acceptors (Lipinski definition) is 3. The smallest absolute Gasteiger partial charge is 0.0507 e. The molecule has 0 aromatic rings. The summed E-state index contributed by atoms with van der Waals surface area (Å²) in [5, 5.41) is 3.52. The first kappa shape index (κ1) is 9.44. The highest BCUT2D eigenvalue weighted by Crippen LogP contribution is 2.43. The molecule has 76 valence electrons. The van der Waals surface area contributed by atoms with Crippen LogP contribution >= 0.6 is 0 Å². The van der Waals surface area contributed by atoms with Gasteiger partial charge in [-0.05, 0) is 37.1 Å². The van der Waals surface area contributed by atoms with Gasteiger partial charge in [0.05, 0.1) is 6.61 Å². The van der Waals surface area contributed by atoms with Crippen LogP contribution in [0, 0.1) is 11.3 Å². The second kappa shape index (κ2) is 3.95. The minimum Gasteiger partial charge on any atom is -0.381 e. The van der Waals surface area contributed by atoms with Gasteiger partial charge in [-0.15, -0.1) is 0 Å². The Morgan fingerprint density at radius 3 is 2.85 bits per heavy atom. The average molecular weight is 184 g/mol. The molecule has 1 aliphatic carbocycles. The molecule has 1 heterocycles. The Bertz CT molecular complexity index is 162. The fourth-order valence-electron chi connectivity index (χ4n) is 1.92. The molecular weight excluding hydrogens is 164 g/mol. The monoisotopic (exact) mass is 184 g/mol. The summed E-state index contributed by atoms with van der Waals surface area (Å²) in [6, 6.07) is 0. The van der Waals surface area contributed by atoms with E-state index in [1.165, 1.54) is 19.3 Å². The molecule has 3 heteroatoms. The van der Waals surface area contributed by atoms with E-state index in [-0.39, 0.29) is 0 Å². The Morgan fingerprint density at radius 1 is 1.46 bits per heavy atom. The molecule has 0 radical (unpaired) electrons. The third-order valence-corrected chi connectivity index (χ3v) is 3.35. The van der Waals surface area contributed by atoms with Crippen molar-refractivity contribution in [2.45, 2.75) is 19.3 Å². The van der Waals surface area contributed by atoms with Crippen molar-refractivity contribution in [1.82, 2.24) is 5.32 Å². The van der Waals surface area contributed by atoms with E-state index in [9.17, 15) is 0 Å². The van der Waals surface area contributed by atoms with E-state index >= 15 is 0 Å². The van der Waals surface area contributed by atoms with Crippen molar-refractivity contribution in [3.05, 3.63) is 0 Å². The highest BCUT2D eigenvalue weighted by molar-refractivity contribution is 4.95. The number of ether oxygens (including phenoxy) is 1. The molecule has 0 aromatic heterocycles. The van der Waals surface area contributed by atoms with Crippen LogP contribution in [0.25, 0.3) is 0 Å². The normalized spacial score (nSPS) is 30.7. The SMILES string of the molecule is NCC1(CNCC2CCOC2)CC1. The number of hydrogen-bond donors (Lipinski definition) is 2. The molecule has 0 bridgehead atoms. The Morgan fingerprint density at radius 2 is 2.31 bits per heavy atom. The molecule has 1 aliphatic heterocycles. The van der Waals surface area contributed by atoms with E-state index in [1.807, 2.05) is 0 Å². The van der Waals surface area contributed by atoms with Gasteiger partial charge < -0.3 is 15.8 Å². The van der Waals surface area contributed by atoms with E-state index < -0.39 is 0 Å². The third-order valence-electron chi connectivity index (χ3n) is 3.35. The molecule has 1 saturated carbocycles. The molecule has 2 rings (SSSR count). The molecule has 1 unspecified atom stereocenters. The minimum atomic E-state index is 0.472. The van der Waals surface area contributed by atoms with E-state index in [0.717, 1.165) is 38.8 Å². The maximum absolute atomic E-state index is 5.70. The van der Waals surface area contributed by atoms with Gasteiger partial charge in [0.15, 0.2) is 0 Å². The van der Waals surface area contributed by atoms with Crippen LogP contribution in [0.5, 0.6) is 0 Å². The molecule has 2 fully saturated rings. The fourth-order valence-corrected chi connectivity index (χ4v) is 1.92. The maximum atomic E-state index is 5.70. The molecule has 3 N–H and O–H groups in total. The zero-order valence-corrected chi connectivity index (χ0v) is 8.22. The maximum Gasteiger partial charge on any atom is 0.0507 e. The lowest BCUT2D eigenvalue weighted by molar-refractivity contribution is 0.185. The standard InChI is InChI=1S/C10H20N2O/c11-7-10(2-3-10)8-12-5-9-1-4-13-6-9/h9,12H,1-8,11H2. The average Bonchev–Trinajstić information content (AvgIpc) is 2.74. The first-order valence-corrected chi connectivity index (χ1v) is 5.33. The summed E-state index contributed by atoms with van der Waals surface area (Å²) in [5.74, 6) is 0.744. The largest absolute Gasteiger partial charge is 0.381 e. The summed E-state index contributed by atoms with van der Waals surface area (Å²) in [7, 11) is 0. The summed E-state index contributed by atoms with van der Waals surface area (Å²) >= 11 is 0. The van der Waals surface area contributed by atoms with Crippen LogP contribution in [0.4, 0.5) is 0 Å². The Labute approximate surface area is 80.0 Å². The Kier molecular flexibility index (Phi) is 2.86. The van der Waals surface area contributed by atoms with Gasteiger partial charge in [-0.25, -0.2) is 0 Å². The van der Waals surface area contributed by atoms with Crippen LogP contribution in [0.2, 0.25) is 0 Å². The van der Waals surface area contributed by atoms with Crippen LogP contribution in [-0.4, -0.2) is 32.8 Å². The number of rotatable bonds is 5. The van der Waals surface area contributed by atoms with Gasteiger partial charge in [0.2, 0.25) is 0 Å². The quantitative estimate of drug-likeness (QED) is 0.648. The summed E-state index contributed by atoms with van der Waals surface area (Å²) in [6.07, 6.45) is 3.86. The van der Waals surface area contributed by atoms with E-state index in [4.69, 9.17) is 10.5 Å². The summed E-state index contributed by atoms with van der Waals surface area (Å²) in [5.41, 5.74) is 6.17. The number of nitrogens with two attached hydrogens (primary N) is 1. The van der Waals surface area contributed by atoms with Gasteiger partial charge in [-0.1, -0.05) is 0 Å². The molecule has 0 spiro atoms. The Balaban J connectivity index is 1.58. The zero-order chi connectivity index (χ0) is 9.15. The van der Waals surface area contributed by atoms with E-state index in [2.05, 4.69) is 5.32 Å². The lowest BCUT2D eigenvalue weighted by atomic mass is 10.1. The van der Waals surface area contributed by atoms with Gasteiger partial charge in [0, 0.05) is 19.7 Å². The number of nitrogens with one attached hydrogen (secondary N) is 1. The summed E-state index contributed by atoms with van der Waals surface area (Å²) < 4.78 is 5.32. The second-order valence-corrected chi connectivity index (χ2v) is 4.56. The predicted octanol–water partition coefficient (Wildman–Crippen LogP) is 0.351. The fraction of sp³-hybridized carbons (Fsp3) is 1.00. The summed E-state index contributed by atoms with van der Waals surface area (Å²) in [6.45, 7) is 4.97. The van der Waals surface area contributed by atoms with E-state index in [0.29, 0.717) is 5.41 Å². The molecular formula is C10H20N2O. The molecule has 0 aromatic carbocycles. The second-order valence-electron chi connectivity index (χ2n) is 4.56. The predicted molar refractivity (Wildman–Crippen MR) is 52.5 cm³/mol. The molecule has 13 heavy (non-hydrogen) atoms. The van der Waals surface area contributed by atoms with Crippen molar-refractivity contribution < 1.29 is 4.74 Å². The molecule has 1 saturated heterocycles. The lowest BCUT2D eigenvalue weighted by Crippen LogP contribution is -2.33. The van der Waals surface area contributed by atoms with Crippen molar-refractivity contribution >= 4 is 0 Å². The first-order valence-electron chi connectivity index (χ1n) is 5.33. The molecule has 1 atom stereocenters. The van der Waals surface area contributed by atoms with Crippen LogP contribution < -0.4 is 11.1 Å². The first-order chi connectivity index (χ1) is 6.35. The highest BCUT2D eigenvalue weighted by Gasteiger charge is 2.40. The zero-order valence-electron chi connectivity index (χ0n) is 8.22. The van der Waals surface area contributed by atoms with Crippen molar-refractivity contribution in [3.63, 3.8) is 0 Å². The van der Waals surface area contributed by atoms with Gasteiger partial charge >= 0.3 is 0 Å². The van der Waals surface area contributed by atoms with Gasteiger partial charge in [-0.3, -0.25) is 0 Å².